The summed E-state index contributed by atoms with van der Waals surface area (Å²) in [6.45, 7) is 3.27. The van der Waals surface area contributed by atoms with Gasteiger partial charge in [-0.2, -0.15) is 0 Å². The molecule has 0 atom stereocenters. The Morgan fingerprint density at radius 2 is 2.14 bits per heavy atom. The molecule has 2 nitrogen and oxygen atoms in total. The fourth-order valence-corrected chi connectivity index (χ4v) is 2.36. The summed E-state index contributed by atoms with van der Waals surface area (Å²) in [5.74, 6) is 0. The van der Waals surface area contributed by atoms with Gasteiger partial charge >= 0.3 is 0 Å². The highest BCUT2D eigenvalue weighted by Crippen LogP contribution is 2.48. The molecule has 1 aliphatic heterocycles. The van der Waals surface area contributed by atoms with Crippen LogP contribution in [0, 0.1) is 6.92 Å². The van der Waals surface area contributed by atoms with Crippen LogP contribution >= 0.6 is 0 Å². The van der Waals surface area contributed by atoms with Gasteiger partial charge in [0.1, 0.15) is 0 Å². The maximum absolute atomic E-state index is 3.53. The van der Waals surface area contributed by atoms with Crippen LogP contribution in [-0.2, 0) is 0 Å². The summed E-state index contributed by atoms with van der Waals surface area (Å²) >= 11 is 0. The lowest BCUT2D eigenvalue weighted by Gasteiger charge is -2.37. The van der Waals surface area contributed by atoms with Gasteiger partial charge in [0.15, 0.2) is 0 Å². The molecule has 1 saturated carbocycles. The molecule has 0 unspecified atom stereocenters. The minimum Gasteiger partial charge on any atom is -0.381 e. The lowest BCUT2D eigenvalue weighted by Crippen LogP contribution is -2.43. The predicted molar refractivity (Wildman–Crippen MR) is 60.0 cm³/mol. The Morgan fingerprint density at radius 1 is 1.36 bits per heavy atom. The molecule has 0 aromatic heterocycles. The lowest BCUT2D eigenvalue weighted by molar-refractivity contribution is 0.640. The molecule has 1 aliphatic carbocycles. The highest BCUT2D eigenvalue weighted by molar-refractivity contribution is 5.75. The zero-order chi connectivity index (χ0) is 9.76. The first-order valence-corrected chi connectivity index (χ1v) is 5.30. The molecule has 3 rings (SSSR count). The quantitative estimate of drug-likeness (QED) is 0.672. The number of benzene rings is 1. The SMILES string of the molecule is Cc1ccc2c(c1)N(C)C1(CC1)CN2. The molecule has 1 spiro atoms. The first-order valence-electron chi connectivity index (χ1n) is 5.30. The van der Waals surface area contributed by atoms with E-state index >= 15 is 0 Å². The summed E-state index contributed by atoms with van der Waals surface area (Å²) in [6, 6.07) is 6.64. The highest BCUT2D eigenvalue weighted by atomic mass is 15.3. The van der Waals surface area contributed by atoms with E-state index in [1.54, 1.807) is 0 Å². The average molecular weight is 188 g/mol. The minimum atomic E-state index is 0.445. The molecule has 1 N–H and O–H groups in total. The summed E-state index contributed by atoms with van der Waals surface area (Å²) in [4.78, 5) is 2.46. The van der Waals surface area contributed by atoms with E-state index in [9.17, 15) is 0 Å². The fourth-order valence-electron chi connectivity index (χ4n) is 2.36. The summed E-state index contributed by atoms with van der Waals surface area (Å²) < 4.78 is 0. The van der Waals surface area contributed by atoms with Gasteiger partial charge in [-0.3, -0.25) is 0 Å². The largest absolute Gasteiger partial charge is 0.381 e. The molecule has 0 saturated heterocycles. The van der Waals surface area contributed by atoms with Crippen molar-refractivity contribution in [3.8, 4) is 0 Å². The molecule has 2 heteroatoms. The van der Waals surface area contributed by atoms with Gasteiger partial charge in [0.25, 0.3) is 0 Å². The minimum absolute atomic E-state index is 0.445. The van der Waals surface area contributed by atoms with E-state index in [1.165, 1.54) is 29.8 Å². The molecule has 0 bridgehead atoms. The predicted octanol–water partition coefficient (Wildman–Crippen LogP) is 2.39. The van der Waals surface area contributed by atoms with Crippen LogP contribution < -0.4 is 10.2 Å². The first-order chi connectivity index (χ1) is 6.71. The van der Waals surface area contributed by atoms with Crippen molar-refractivity contribution in [3.63, 3.8) is 0 Å². The van der Waals surface area contributed by atoms with Crippen LogP contribution in [0.25, 0.3) is 0 Å². The molecular formula is C12H16N2. The molecule has 1 heterocycles. The van der Waals surface area contributed by atoms with Crippen molar-refractivity contribution in [3.05, 3.63) is 23.8 Å². The van der Waals surface area contributed by atoms with Crippen molar-refractivity contribution in [2.45, 2.75) is 25.3 Å². The van der Waals surface area contributed by atoms with E-state index in [0.29, 0.717) is 5.54 Å². The Kier molecular flexibility index (Phi) is 1.42. The summed E-state index contributed by atoms with van der Waals surface area (Å²) in [7, 11) is 2.23. The van der Waals surface area contributed by atoms with Crippen LogP contribution in [0.1, 0.15) is 18.4 Å². The van der Waals surface area contributed by atoms with Crippen LogP contribution in [0.4, 0.5) is 11.4 Å². The molecule has 0 radical (unpaired) electrons. The average Bonchev–Trinajstić information content (AvgIpc) is 2.94. The van der Waals surface area contributed by atoms with Gasteiger partial charge in [0, 0.05) is 13.6 Å². The number of nitrogens with zero attached hydrogens (tertiary/aromatic N) is 1. The van der Waals surface area contributed by atoms with Gasteiger partial charge in [-0.1, -0.05) is 6.07 Å². The van der Waals surface area contributed by atoms with Crippen molar-refractivity contribution in [1.29, 1.82) is 0 Å². The van der Waals surface area contributed by atoms with Crippen LogP contribution in [0.5, 0.6) is 0 Å². The lowest BCUT2D eigenvalue weighted by atomic mass is 10.1. The summed E-state index contributed by atoms with van der Waals surface area (Å²) in [6.07, 6.45) is 2.67. The smallest absolute Gasteiger partial charge is 0.0607 e. The second-order valence-corrected chi connectivity index (χ2v) is 4.66. The van der Waals surface area contributed by atoms with Crippen molar-refractivity contribution < 1.29 is 0 Å². The van der Waals surface area contributed by atoms with Crippen molar-refractivity contribution in [2.75, 3.05) is 23.8 Å². The molecule has 1 fully saturated rings. The molecule has 14 heavy (non-hydrogen) atoms. The number of anilines is 2. The Morgan fingerprint density at radius 3 is 2.86 bits per heavy atom. The van der Waals surface area contributed by atoms with Gasteiger partial charge in [-0.05, 0) is 37.5 Å². The normalized spacial score (nSPS) is 21.7. The Hall–Kier alpha value is -1.18. The number of likely N-dealkylation sites (N-methyl/N-ethyl adjacent to an activating group) is 1. The number of fused-ring (bicyclic) bond motifs is 1. The maximum atomic E-state index is 3.53. The van der Waals surface area contributed by atoms with Gasteiger partial charge in [0.05, 0.1) is 16.9 Å². The topological polar surface area (TPSA) is 15.3 Å². The van der Waals surface area contributed by atoms with E-state index in [4.69, 9.17) is 0 Å². The van der Waals surface area contributed by atoms with E-state index in [1.807, 2.05) is 0 Å². The van der Waals surface area contributed by atoms with Gasteiger partial charge in [0.2, 0.25) is 0 Å². The first kappa shape index (κ1) is 8.16. The number of hydrogen-bond acceptors (Lipinski definition) is 2. The summed E-state index contributed by atoms with van der Waals surface area (Å²) in [5, 5.41) is 3.53. The third kappa shape index (κ3) is 0.969. The van der Waals surface area contributed by atoms with Crippen LogP contribution in [-0.4, -0.2) is 19.1 Å². The molecule has 1 aromatic rings. The van der Waals surface area contributed by atoms with E-state index < -0.39 is 0 Å². The zero-order valence-electron chi connectivity index (χ0n) is 8.80. The van der Waals surface area contributed by atoms with E-state index in [-0.39, 0.29) is 0 Å². The van der Waals surface area contributed by atoms with Crippen molar-refractivity contribution in [2.24, 2.45) is 0 Å². The highest BCUT2D eigenvalue weighted by Gasteiger charge is 2.48. The van der Waals surface area contributed by atoms with Gasteiger partial charge in [-0.15, -0.1) is 0 Å². The van der Waals surface area contributed by atoms with E-state index in [0.717, 1.165) is 6.54 Å². The third-order valence-corrected chi connectivity index (χ3v) is 3.66. The molecule has 0 amide bonds. The van der Waals surface area contributed by atoms with Gasteiger partial charge in [-0.25, -0.2) is 0 Å². The van der Waals surface area contributed by atoms with E-state index in [2.05, 4.69) is 42.4 Å². The van der Waals surface area contributed by atoms with Crippen LogP contribution in [0.2, 0.25) is 0 Å². The van der Waals surface area contributed by atoms with Crippen molar-refractivity contribution in [1.82, 2.24) is 0 Å². The Balaban J connectivity index is 2.09. The van der Waals surface area contributed by atoms with Crippen LogP contribution in [0.3, 0.4) is 0 Å². The standard InChI is InChI=1S/C12H16N2/c1-9-3-4-10-11(7-9)14(2)12(5-6-12)8-13-10/h3-4,7,13H,5-6,8H2,1-2H3. The van der Waals surface area contributed by atoms with Crippen molar-refractivity contribution >= 4 is 11.4 Å². The Bertz CT molecular complexity index is 380. The monoisotopic (exact) mass is 188 g/mol. The number of aryl methyl sites for hydroxylation is 1. The second-order valence-electron chi connectivity index (χ2n) is 4.66. The maximum Gasteiger partial charge on any atom is 0.0607 e. The number of nitrogens with one attached hydrogen (secondary N) is 1. The molecule has 2 aliphatic rings. The molecular weight excluding hydrogens is 172 g/mol. The number of hydrogen-bond donors (Lipinski definition) is 1. The fraction of sp³-hybridized carbons (Fsp3) is 0.500. The summed E-state index contributed by atoms with van der Waals surface area (Å²) in [5.41, 5.74) is 4.44. The Labute approximate surface area is 84.9 Å². The molecule has 74 valence electrons. The van der Waals surface area contributed by atoms with Gasteiger partial charge < -0.3 is 10.2 Å². The molecule has 1 aromatic carbocycles. The number of rotatable bonds is 0. The second kappa shape index (κ2) is 2.44. The zero-order valence-corrected chi connectivity index (χ0v) is 8.80. The van der Waals surface area contributed by atoms with Crippen LogP contribution in [0.15, 0.2) is 18.2 Å². The third-order valence-electron chi connectivity index (χ3n) is 3.66.